The Morgan fingerprint density at radius 2 is 1.87 bits per heavy atom. The van der Waals surface area contributed by atoms with Crippen LogP contribution in [0.2, 0.25) is 10.0 Å². The van der Waals surface area contributed by atoms with Crippen molar-refractivity contribution in [3.05, 3.63) is 75.3 Å². The van der Waals surface area contributed by atoms with Crippen LogP contribution < -0.4 is 5.32 Å². The highest BCUT2D eigenvalue weighted by molar-refractivity contribution is 6.42. The van der Waals surface area contributed by atoms with Crippen molar-refractivity contribution in [3.8, 4) is 0 Å². The van der Waals surface area contributed by atoms with Crippen LogP contribution in [0, 0.1) is 17.6 Å². The van der Waals surface area contributed by atoms with Crippen LogP contribution in [-0.4, -0.2) is 0 Å². The second-order valence-electron chi connectivity index (χ2n) is 6.00. The van der Waals surface area contributed by atoms with Gasteiger partial charge in [0.15, 0.2) is 0 Å². The molecule has 1 aliphatic carbocycles. The molecule has 1 aliphatic heterocycles. The highest BCUT2D eigenvalue weighted by Crippen LogP contribution is 2.50. The fourth-order valence-corrected chi connectivity index (χ4v) is 3.96. The van der Waals surface area contributed by atoms with Gasteiger partial charge in [-0.1, -0.05) is 41.4 Å². The Morgan fingerprint density at radius 1 is 1.04 bits per heavy atom. The van der Waals surface area contributed by atoms with E-state index in [2.05, 4.69) is 11.4 Å². The molecule has 0 saturated heterocycles. The van der Waals surface area contributed by atoms with Crippen LogP contribution >= 0.6 is 23.2 Å². The van der Waals surface area contributed by atoms with Gasteiger partial charge in [-0.15, -0.1) is 0 Å². The van der Waals surface area contributed by atoms with Crippen LogP contribution in [-0.2, 0) is 0 Å². The molecule has 0 bridgehead atoms. The first-order valence-corrected chi connectivity index (χ1v) is 8.17. The van der Waals surface area contributed by atoms with Gasteiger partial charge in [0, 0.05) is 12.0 Å². The molecule has 0 radical (unpaired) electrons. The largest absolute Gasteiger partial charge is 0.375 e. The van der Waals surface area contributed by atoms with Crippen molar-refractivity contribution < 1.29 is 8.78 Å². The van der Waals surface area contributed by atoms with Crippen LogP contribution in [0.25, 0.3) is 0 Å². The normalized spacial score (nSPS) is 25.0. The maximum absolute atomic E-state index is 14.2. The van der Waals surface area contributed by atoms with E-state index in [0.29, 0.717) is 21.3 Å². The Balaban J connectivity index is 1.82. The van der Waals surface area contributed by atoms with Crippen molar-refractivity contribution in [3.63, 3.8) is 0 Å². The molecule has 1 nitrogen and oxygen atoms in total. The monoisotopic (exact) mass is 351 g/mol. The van der Waals surface area contributed by atoms with Crippen molar-refractivity contribution in [2.75, 3.05) is 5.32 Å². The standard InChI is InChI=1S/C18H13Cl2F2N/c19-14-5-4-9(6-15(14)20)17-12-3-1-2-11(12)13-7-10(21)8-16(22)18(13)23-17/h1-2,4-8,11-12,17,23H,3H2/t11-,12-,17+/m1/s1. The van der Waals surface area contributed by atoms with Gasteiger partial charge >= 0.3 is 0 Å². The molecule has 5 heteroatoms. The zero-order valence-electron chi connectivity index (χ0n) is 12.0. The van der Waals surface area contributed by atoms with Gasteiger partial charge in [-0.05, 0) is 41.7 Å². The summed E-state index contributed by atoms with van der Waals surface area (Å²) in [6.07, 6.45) is 4.95. The Kier molecular flexibility index (Phi) is 3.58. The molecule has 0 unspecified atom stereocenters. The number of hydrogen-bond acceptors (Lipinski definition) is 1. The number of fused-ring (bicyclic) bond motifs is 3. The molecule has 0 fully saturated rings. The molecule has 3 atom stereocenters. The molecule has 2 aromatic carbocycles. The summed E-state index contributed by atoms with van der Waals surface area (Å²) in [5.41, 5.74) is 2.00. The number of anilines is 1. The van der Waals surface area contributed by atoms with E-state index in [1.807, 2.05) is 18.2 Å². The van der Waals surface area contributed by atoms with Gasteiger partial charge in [-0.25, -0.2) is 8.78 Å². The minimum absolute atomic E-state index is 0.00379. The number of nitrogens with one attached hydrogen (secondary N) is 1. The Hall–Kier alpha value is -1.58. The van der Waals surface area contributed by atoms with Crippen molar-refractivity contribution >= 4 is 28.9 Å². The van der Waals surface area contributed by atoms with Gasteiger partial charge in [0.1, 0.15) is 11.6 Å². The lowest BCUT2D eigenvalue weighted by Gasteiger charge is -2.37. The van der Waals surface area contributed by atoms with Gasteiger partial charge in [-0.2, -0.15) is 0 Å². The van der Waals surface area contributed by atoms with Crippen molar-refractivity contribution in [2.45, 2.75) is 18.4 Å². The number of benzene rings is 2. The lowest BCUT2D eigenvalue weighted by molar-refractivity contribution is 0.418. The number of rotatable bonds is 1. The van der Waals surface area contributed by atoms with Gasteiger partial charge in [0.25, 0.3) is 0 Å². The van der Waals surface area contributed by atoms with Crippen LogP contribution in [0.1, 0.15) is 29.5 Å². The summed E-state index contributed by atoms with van der Waals surface area (Å²) in [7, 11) is 0. The predicted octanol–water partition coefficient (Wildman–Crippen LogP) is 6.10. The number of hydrogen-bond donors (Lipinski definition) is 1. The third kappa shape index (κ3) is 2.43. The third-order valence-corrected chi connectivity index (χ3v) is 5.43. The van der Waals surface area contributed by atoms with E-state index in [9.17, 15) is 8.78 Å². The molecular formula is C18H13Cl2F2N. The van der Waals surface area contributed by atoms with E-state index in [4.69, 9.17) is 23.2 Å². The van der Waals surface area contributed by atoms with E-state index < -0.39 is 11.6 Å². The Bertz CT molecular complexity index is 819. The fourth-order valence-electron chi connectivity index (χ4n) is 3.66. The average molecular weight is 352 g/mol. The predicted molar refractivity (Wildman–Crippen MR) is 89.2 cm³/mol. The third-order valence-electron chi connectivity index (χ3n) is 4.69. The fraction of sp³-hybridized carbons (Fsp3) is 0.222. The lowest BCUT2D eigenvalue weighted by atomic mass is 9.77. The molecule has 2 aromatic rings. The summed E-state index contributed by atoms with van der Waals surface area (Å²) in [5, 5.41) is 4.20. The number of halogens is 4. The Labute approximate surface area is 142 Å². The molecule has 23 heavy (non-hydrogen) atoms. The first-order valence-electron chi connectivity index (χ1n) is 7.41. The van der Waals surface area contributed by atoms with E-state index in [0.717, 1.165) is 18.1 Å². The molecule has 0 spiro atoms. The zero-order chi connectivity index (χ0) is 16.1. The van der Waals surface area contributed by atoms with Crippen LogP contribution in [0.4, 0.5) is 14.5 Å². The SMILES string of the molecule is Fc1cc(F)c2c(c1)[C@@H]1C=CC[C@H]1[C@H](c1ccc(Cl)c(Cl)c1)N2. The second-order valence-corrected chi connectivity index (χ2v) is 6.82. The first-order chi connectivity index (χ1) is 11.0. The van der Waals surface area contributed by atoms with E-state index in [1.165, 1.54) is 6.07 Å². The molecule has 0 saturated carbocycles. The molecule has 4 rings (SSSR count). The highest BCUT2D eigenvalue weighted by Gasteiger charge is 2.39. The zero-order valence-corrected chi connectivity index (χ0v) is 13.5. The molecular weight excluding hydrogens is 339 g/mol. The maximum atomic E-state index is 14.2. The lowest BCUT2D eigenvalue weighted by Crippen LogP contribution is -2.29. The highest BCUT2D eigenvalue weighted by atomic mass is 35.5. The number of allylic oxidation sites excluding steroid dienone is 2. The average Bonchev–Trinajstić information content (AvgIpc) is 2.99. The molecule has 0 aromatic heterocycles. The van der Waals surface area contributed by atoms with E-state index in [-0.39, 0.29) is 17.9 Å². The minimum Gasteiger partial charge on any atom is -0.375 e. The van der Waals surface area contributed by atoms with Crippen LogP contribution in [0.15, 0.2) is 42.5 Å². The first kappa shape index (κ1) is 15.0. The molecule has 2 aliphatic rings. The molecule has 118 valence electrons. The minimum atomic E-state index is -0.566. The van der Waals surface area contributed by atoms with E-state index >= 15 is 0 Å². The van der Waals surface area contributed by atoms with Crippen molar-refractivity contribution in [1.29, 1.82) is 0 Å². The quantitative estimate of drug-likeness (QED) is 0.612. The molecule has 1 heterocycles. The summed E-state index contributed by atoms with van der Waals surface area (Å²) in [6.45, 7) is 0. The van der Waals surface area contributed by atoms with Crippen molar-refractivity contribution in [2.24, 2.45) is 5.92 Å². The summed E-state index contributed by atoms with van der Waals surface area (Å²) in [6, 6.07) is 7.68. The van der Waals surface area contributed by atoms with E-state index in [1.54, 1.807) is 6.07 Å². The molecule has 1 N–H and O–H groups in total. The summed E-state index contributed by atoms with van der Waals surface area (Å²) < 4.78 is 27.9. The van der Waals surface area contributed by atoms with Gasteiger partial charge in [-0.3, -0.25) is 0 Å². The topological polar surface area (TPSA) is 12.0 Å². The summed E-state index contributed by atoms with van der Waals surface area (Å²) in [5.74, 6) is -0.921. The smallest absolute Gasteiger partial charge is 0.149 e. The second kappa shape index (κ2) is 5.50. The van der Waals surface area contributed by atoms with Crippen LogP contribution in [0.5, 0.6) is 0 Å². The Morgan fingerprint density at radius 3 is 2.65 bits per heavy atom. The summed E-state index contributed by atoms with van der Waals surface area (Å²) in [4.78, 5) is 0. The summed E-state index contributed by atoms with van der Waals surface area (Å²) >= 11 is 12.1. The van der Waals surface area contributed by atoms with Gasteiger partial charge < -0.3 is 5.32 Å². The van der Waals surface area contributed by atoms with Crippen LogP contribution in [0.3, 0.4) is 0 Å². The van der Waals surface area contributed by atoms with Crippen molar-refractivity contribution in [1.82, 2.24) is 0 Å². The maximum Gasteiger partial charge on any atom is 0.149 e. The van der Waals surface area contributed by atoms with Gasteiger partial charge in [0.2, 0.25) is 0 Å². The van der Waals surface area contributed by atoms with Gasteiger partial charge in [0.05, 0.1) is 21.8 Å². The molecule has 0 amide bonds.